The zero-order valence-electron chi connectivity index (χ0n) is 9.30. The fourth-order valence-electron chi connectivity index (χ4n) is 1.71. The highest BCUT2D eigenvalue weighted by Gasteiger charge is 2.22. The van der Waals surface area contributed by atoms with Gasteiger partial charge in [0.2, 0.25) is 0 Å². The van der Waals surface area contributed by atoms with Gasteiger partial charge >= 0.3 is 0 Å². The number of anilines is 1. The molecule has 1 saturated carbocycles. The molecule has 5 heteroatoms. The van der Waals surface area contributed by atoms with Crippen LogP contribution in [0.1, 0.15) is 18.5 Å². The van der Waals surface area contributed by atoms with Gasteiger partial charge in [-0.1, -0.05) is 0 Å². The molecular formula is C12H11BrFN3. The Morgan fingerprint density at radius 2 is 2.12 bits per heavy atom. The molecule has 1 N–H and O–H groups in total. The third-order valence-electron chi connectivity index (χ3n) is 2.82. The Hall–Kier alpha value is -1.23. The Morgan fingerprint density at radius 1 is 1.35 bits per heavy atom. The van der Waals surface area contributed by atoms with Gasteiger partial charge < -0.3 is 5.32 Å². The number of aryl methyl sites for hydroxylation is 1. The monoisotopic (exact) mass is 295 g/mol. The van der Waals surface area contributed by atoms with Crippen molar-refractivity contribution in [1.82, 2.24) is 9.97 Å². The molecule has 0 amide bonds. The zero-order valence-corrected chi connectivity index (χ0v) is 10.9. The maximum atomic E-state index is 13.4. The second-order valence-electron chi connectivity index (χ2n) is 4.31. The molecule has 0 radical (unpaired) electrons. The van der Waals surface area contributed by atoms with Crippen LogP contribution < -0.4 is 5.32 Å². The molecule has 1 aromatic heterocycles. The van der Waals surface area contributed by atoms with Gasteiger partial charge in [-0.2, -0.15) is 0 Å². The average Bonchev–Trinajstić information content (AvgIpc) is 3.10. The summed E-state index contributed by atoms with van der Waals surface area (Å²) in [5, 5.41) is 3.31. The van der Waals surface area contributed by atoms with E-state index in [0.29, 0.717) is 21.5 Å². The van der Waals surface area contributed by atoms with Gasteiger partial charge in [0.25, 0.3) is 0 Å². The van der Waals surface area contributed by atoms with Crippen LogP contribution in [0.3, 0.4) is 0 Å². The van der Waals surface area contributed by atoms with Crippen molar-refractivity contribution in [3.8, 4) is 0 Å². The van der Waals surface area contributed by atoms with E-state index >= 15 is 0 Å². The molecule has 2 aromatic rings. The van der Waals surface area contributed by atoms with Crippen molar-refractivity contribution in [2.45, 2.75) is 25.8 Å². The standard InChI is InChI=1S/C12H11BrFN3/c1-6-12(16-7-2-3-7)17-11-9(15-6)5-4-8(14)10(11)13/h4-5,7H,2-3H2,1H3,(H,16,17). The molecule has 1 aromatic carbocycles. The van der Waals surface area contributed by atoms with Gasteiger partial charge in [0.15, 0.2) is 0 Å². The highest BCUT2D eigenvalue weighted by atomic mass is 79.9. The van der Waals surface area contributed by atoms with Crippen LogP contribution in [0, 0.1) is 12.7 Å². The highest BCUT2D eigenvalue weighted by molar-refractivity contribution is 9.10. The van der Waals surface area contributed by atoms with Crippen molar-refractivity contribution < 1.29 is 4.39 Å². The van der Waals surface area contributed by atoms with Crippen LogP contribution in [-0.2, 0) is 0 Å². The first kappa shape index (κ1) is 10.9. The Morgan fingerprint density at radius 3 is 2.82 bits per heavy atom. The topological polar surface area (TPSA) is 37.8 Å². The fourth-order valence-corrected chi connectivity index (χ4v) is 2.13. The van der Waals surface area contributed by atoms with Gasteiger partial charge in [-0.25, -0.2) is 14.4 Å². The van der Waals surface area contributed by atoms with Crippen LogP contribution in [0.2, 0.25) is 0 Å². The lowest BCUT2D eigenvalue weighted by Crippen LogP contribution is -2.06. The van der Waals surface area contributed by atoms with E-state index in [1.807, 2.05) is 6.92 Å². The van der Waals surface area contributed by atoms with E-state index < -0.39 is 0 Å². The zero-order chi connectivity index (χ0) is 12.0. The minimum Gasteiger partial charge on any atom is -0.366 e. The molecule has 0 unspecified atom stereocenters. The minimum atomic E-state index is -0.312. The van der Waals surface area contributed by atoms with Crippen LogP contribution in [-0.4, -0.2) is 16.0 Å². The van der Waals surface area contributed by atoms with Crippen molar-refractivity contribution >= 4 is 32.8 Å². The predicted octanol–water partition coefficient (Wildman–Crippen LogP) is 3.41. The summed E-state index contributed by atoms with van der Waals surface area (Å²) in [5.74, 6) is 0.444. The van der Waals surface area contributed by atoms with Crippen LogP contribution in [0.4, 0.5) is 10.2 Å². The lowest BCUT2D eigenvalue weighted by atomic mass is 10.2. The van der Waals surface area contributed by atoms with Crippen LogP contribution in [0.15, 0.2) is 16.6 Å². The number of aromatic nitrogens is 2. The molecule has 0 atom stereocenters. The summed E-state index contributed by atoms with van der Waals surface area (Å²) in [7, 11) is 0. The molecule has 0 bridgehead atoms. The second-order valence-corrected chi connectivity index (χ2v) is 5.10. The van der Waals surface area contributed by atoms with E-state index in [-0.39, 0.29) is 5.82 Å². The lowest BCUT2D eigenvalue weighted by molar-refractivity contribution is 0.623. The number of nitrogens with zero attached hydrogens (tertiary/aromatic N) is 2. The van der Waals surface area contributed by atoms with Crippen molar-refractivity contribution in [3.63, 3.8) is 0 Å². The predicted molar refractivity (Wildman–Crippen MR) is 68.6 cm³/mol. The van der Waals surface area contributed by atoms with E-state index in [1.165, 1.54) is 18.9 Å². The minimum absolute atomic E-state index is 0.312. The SMILES string of the molecule is Cc1nc2ccc(F)c(Br)c2nc1NC1CC1. The van der Waals surface area contributed by atoms with Crippen molar-refractivity contribution in [1.29, 1.82) is 0 Å². The molecule has 0 spiro atoms. The Labute approximate surface area is 107 Å². The second kappa shape index (κ2) is 3.91. The first-order chi connectivity index (χ1) is 8.15. The summed E-state index contributed by atoms with van der Waals surface area (Å²) < 4.78 is 13.8. The molecule has 17 heavy (non-hydrogen) atoms. The Kier molecular flexibility index (Phi) is 2.50. The molecular weight excluding hydrogens is 285 g/mol. The number of halogens is 2. The van der Waals surface area contributed by atoms with E-state index in [0.717, 1.165) is 11.5 Å². The Bertz CT molecular complexity index is 596. The van der Waals surface area contributed by atoms with Gasteiger partial charge in [0.05, 0.1) is 15.7 Å². The number of rotatable bonds is 2. The fraction of sp³-hybridized carbons (Fsp3) is 0.333. The molecule has 0 saturated heterocycles. The van der Waals surface area contributed by atoms with E-state index in [4.69, 9.17) is 0 Å². The van der Waals surface area contributed by atoms with Crippen LogP contribution in [0.25, 0.3) is 11.0 Å². The van der Waals surface area contributed by atoms with Gasteiger partial charge in [-0.3, -0.25) is 0 Å². The van der Waals surface area contributed by atoms with Crippen molar-refractivity contribution in [2.24, 2.45) is 0 Å². The molecule has 3 rings (SSSR count). The summed E-state index contributed by atoms with van der Waals surface area (Å²) in [4.78, 5) is 8.89. The molecule has 0 aliphatic heterocycles. The molecule has 1 aliphatic rings. The van der Waals surface area contributed by atoms with Gasteiger partial charge in [0.1, 0.15) is 17.2 Å². The quantitative estimate of drug-likeness (QED) is 0.922. The normalized spacial score (nSPS) is 15.2. The Balaban J connectivity index is 2.16. The van der Waals surface area contributed by atoms with Crippen LogP contribution >= 0.6 is 15.9 Å². The molecule has 1 heterocycles. The summed E-state index contributed by atoms with van der Waals surface area (Å²) in [6, 6.07) is 3.55. The number of hydrogen-bond donors (Lipinski definition) is 1. The largest absolute Gasteiger partial charge is 0.366 e. The van der Waals surface area contributed by atoms with E-state index in [9.17, 15) is 4.39 Å². The van der Waals surface area contributed by atoms with Gasteiger partial charge in [-0.15, -0.1) is 0 Å². The van der Waals surface area contributed by atoms with Gasteiger partial charge in [-0.05, 0) is 47.8 Å². The molecule has 3 nitrogen and oxygen atoms in total. The van der Waals surface area contributed by atoms with Gasteiger partial charge in [0, 0.05) is 6.04 Å². The summed E-state index contributed by atoms with van der Waals surface area (Å²) in [5.41, 5.74) is 2.12. The first-order valence-electron chi connectivity index (χ1n) is 5.54. The number of fused-ring (bicyclic) bond motifs is 1. The maximum Gasteiger partial charge on any atom is 0.148 e. The smallest absolute Gasteiger partial charge is 0.148 e. The first-order valence-corrected chi connectivity index (χ1v) is 6.33. The van der Waals surface area contributed by atoms with E-state index in [2.05, 4.69) is 31.2 Å². The molecule has 1 aliphatic carbocycles. The number of nitrogens with one attached hydrogen (secondary N) is 1. The van der Waals surface area contributed by atoms with Crippen molar-refractivity contribution in [2.75, 3.05) is 5.32 Å². The van der Waals surface area contributed by atoms with Crippen molar-refractivity contribution in [3.05, 3.63) is 28.1 Å². The lowest BCUT2D eigenvalue weighted by Gasteiger charge is -2.09. The van der Waals surface area contributed by atoms with Crippen LogP contribution in [0.5, 0.6) is 0 Å². The average molecular weight is 296 g/mol. The summed E-state index contributed by atoms with van der Waals surface area (Å²) in [6.45, 7) is 1.91. The highest BCUT2D eigenvalue weighted by Crippen LogP contribution is 2.29. The summed E-state index contributed by atoms with van der Waals surface area (Å²) >= 11 is 3.22. The third-order valence-corrected chi connectivity index (χ3v) is 3.57. The third kappa shape index (κ3) is 1.99. The number of hydrogen-bond acceptors (Lipinski definition) is 3. The summed E-state index contributed by atoms with van der Waals surface area (Å²) in [6.07, 6.45) is 2.34. The molecule has 1 fully saturated rings. The van der Waals surface area contributed by atoms with E-state index in [1.54, 1.807) is 6.07 Å². The number of benzene rings is 1. The maximum absolute atomic E-state index is 13.4. The molecule has 88 valence electrons.